The van der Waals surface area contributed by atoms with Gasteiger partial charge in [0.25, 0.3) is 0 Å². The number of ether oxygens (including phenoxy) is 1. The van der Waals surface area contributed by atoms with Crippen molar-refractivity contribution >= 4 is 0 Å². The minimum absolute atomic E-state index is 0.366. The monoisotopic (exact) mass is 281 g/mol. The average Bonchev–Trinajstić information content (AvgIpc) is 2.49. The van der Waals surface area contributed by atoms with Crippen molar-refractivity contribution in [2.24, 2.45) is 0 Å². The molecule has 1 N–H and O–H groups in total. The summed E-state index contributed by atoms with van der Waals surface area (Å²) in [6.07, 6.45) is 7.19. The van der Waals surface area contributed by atoms with E-state index in [-0.39, 0.29) is 5.54 Å². The molecular weight excluding hydrogens is 250 g/mol. The molecule has 1 saturated heterocycles. The molecular formula is C16H31N3O. The molecule has 116 valence electrons. The third-order valence-corrected chi connectivity index (χ3v) is 4.22. The molecule has 0 bridgehead atoms. The fourth-order valence-electron chi connectivity index (χ4n) is 2.69. The van der Waals surface area contributed by atoms with Crippen LogP contribution in [-0.4, -0.2) is 49.8 Å². The molecule has 0 aromatic rings. The molecule has 1 aliphatic heterocycles. The summed E-state index contributed by atoms with van der Waals surface area (Å²) in [6, 6.07) is 2.35. The smallest absolute Gasteiger partial charge is 0.103 e. The number of hydrogen-bond donors (Lipinski definition) is 1. The summed E-state index contributed by atoms with van der Waals surface area (Å²) in [5.41, 5.74) is -0.366. The predicted molar refractivity (Wildman–Crippen MR) is 82.6 cm³/mol. The maximum Gasteiger partial charge on any atom is 0.103 e. The Labute approximate surface area is 124 Å². The van der Waals surface area contributed by atoms with Crippen LogP contribution in [0.2, 0.25) is 0 Å². The zero-order valence-electron chi connectivity index (χ0n) is 13.5. The van der Waals surface area contributed by atoms with Crippen molar-refractivity contribution < 1.29 is 4.74 Å². The van der Waals surface area contributed by atoms with Crippen molar-refractivity contribution in [1.29, 1.82) is 5.26 Å². The summed E-state index contributed by atoms with van der Waals surface area (Å²) >= 11 is 0. The normalized spacial score (nSPS) is 23.2. The van der Waals surface area contributed by atoms with E-state index in [1.807, 2.05) is 14.0 Å². The molecule has 1 aliphatic rings. The van der Waals surface area contributed by atoms with Gasteiger partial charge in [0.05, 0.1) is 12.2 Å². The van der Waals surface area contributed by atoms with E-state index in [4.69, 9.17) is 10.00 Å². The third-order valence-electron chi connectivity index (χ3n) is 4.22. The Morgan fingerprint density at radius 2 is 2.25 bits per heavy atom. The maximum atomic E-state index is 9.11. The molecule has 0 amide bonds. The quantitative estimate of drug-likeness (QED) is 0.660. The molecule has 0 saturated carbocycles. The lowest BCUT2D eigenvalue weighted by molar-refractivity contribution is -0.000421. The van der Waals surface area contributed by atoms with Crippen molar-refractivity contribution in [2.45, 2.75) is 64.0 Å². The van der Waals surface area contributed by atoms with Gasteiger partial charge in [-0.2, -0.15) is 5.26 Å². The van der Waals surface area contributed by atoms with E-state index in [2.05, 4.69) is 23.2 Å². The van der Waals surface area contributed by atoms with Gasteiger partial charge >= 0.3 is 0 Å². The van der Waals surface area contributed by atoms with E-state index in [0.717, 1.165) is 39.0 Å². The van der Waals surface area contributed by atoms with Gasteiger partial charge in [-0.3, -0.25) is 0 Å². The Morgan fingerprint density at radius 1 is 1.45 bits per heavy atom. The summed E-state index contributed by atoms with van der Waals surface area (Å²) < 4.78 is 5.86. The molecule has 4 heteroatoms. The molecule has 0 aromatic carbocycles. The van der Waals surface area contributed by atoms with E-state index in [0.29, 0.717) is 6.10 Å². The molecule has 0 aromatic heterocycles. The molecule has 20 heavy (non-hydrogen) atoms. The van der Waals surface area contributed by atoms with E-state index in [9.17, 15) is 0 Å². The highest BCUT2D eigenvalue weighted by Crippen LogP contribution is 2.16. The van der Waals surface area contributed by atoms with Gasteiger partial charge in [0.1, 0.15) is 5.54 Å². The lowest BCUT2D eigenvalue weighted by atomic mass is 9.96. The topological polar surface area (TPSA) is 48.3 Å². The lowest BCUT2D eigenvalue weighted by Gasteiger charge is -2.32. The lowest BCUT2D eigenvalue weighted by Crippen LogP contribution is -2.41. The highest BCUT2D eigenvalue weighted by molar-refractivity contribution is 5.02. The van der Waals surface area contributed by atoms with Gasteiger partial charge in [0.15, 0.2) is 0 Å². The number of hydrogen-bond acceptors (Lipinski definition) is 4. The molecule has 2 atom stereocenters. The summed E-state index contributed by atoms with van der Waals surface area (Å²) in [4.78, 5) is 2.52. The summed E-state index contributed by atoms with van der Waals surface area (Å²) in [5, 5.41) is 12.2. The summed E-state index contributed by atoms with van der Waals surface area (Å²) in [6.45, 7) is 8.45. The van der Waals surface area contributed by atoms with Crippen LogP contribution in [0.25, 0.3) is 0 Å². The van der Waals surface area contributed by atoms with Crippen LogP contribution in [0.3, 0.4) is 0 Å². The van der Waals surface area contributed by atoms with Gasteiger partial charge in [-0.05, 0) is 65.6 Å². The van der Waals surface area contributed by atoms with Gasteiger partial charge in [-0.1, -0.05) is 6.92 Å². The third kappa shape index (κ3) is 6.21. The van der Waals surface area contributed by atoms with Gasteiger partial charge in [0.2, 0.25) is 0 Å². The standard InChI is InChI=1S/C16H31N3O/c1-4-12-20-15-8-7-11-19(13-15)10-6-5-9-16(2,14-17)18-3/h15,18H,4-13H2,1-3H3. The number of unbranched alkanes of at least 4 members (excludes halogenated alkanes) is 1. The average molecular weight is 281 g/mol. The first-order chi connectivity index (χ1) is 9.63. The highest BCUT2D eigenvalue weighted by atomic mass is 16.5. The fourth-order valence-corrected chi connectivity index (χ4v) is 2.69. The number of piperidine rings is 1. The van der Waals surface area contributed by atoms with Gasteiger partial charge in [-0.15, -0.1) is 0 Å². The minimum atomic E-state index is -0.366. The van der Waals surface area contributed by atoms with E-state index in [1.54, 1.807) is 0 Å². The largest absolute Gasteiger partial charge is 0.377 e. The van der Waals surface area contributed by atoms with Crippen LogP contribution in [0.4, 0.5) is 0 Å². The second kappa shape index (κ2) is 9.33. The Kier molecular flexibility index (Phi) is 8.13. The Hall–Kier alpha value is -0.630. The van der Waals surface area contributed by atoms with Gasteiger partial charge in [0, 0.05) is 13.2 Å². The van der Waals surface area contributed by atoms with Crippen LogP contribution < -0.4 is 5.32 Å². The van der Waals surface area contributed by atoms with Gasteiger partial charge < -0.3 is 15.0 Å². The van der Waals surface area contributed by atoms with Crippen LogP contribution in [0.5, 0.6) is 0 Å². The van der Waals surface area contributed by atoms with Crippen molar-refractivity contribution in [1.82, 2.24) is 10.2 Å². The SMILES string of the molecule is CCCOC1CCCN(CCCCC(C)(C#N)NC)C1. The molecule has 1 heterocycles. The molecule has 4 nitrogen and oxygen atoms in total. The molecule has 0 aliphatic carbocycles. The number of nitrogens with one attached hydrogen (secondary N) is 1. The van der Waals surface area contributed by atoms with E-state index >= 15 is 0 Å². The molecule has 0 spiro atoms. The number of likely N-dealkylation sites (tertiary alicyclic amines) is 1. The molecule has 1 rings (SSSR count). The Morgan fingerprint density at radius 3 is 2.90 bits per heavy atom. The van der Waals surface area contributed by atoms with Crippen molar-refractivity contribution in [2.75, 3.05) is 33.3 Å². The number of nitriles is 1. The van der Waals surface area contributed by atoms with E-state index in [1.165, 1.54) is 25.8 Å². The Balaban J connectivity index is 2.17. The fraction of sp³-hybridized carbons (Fsp3) is 0.938. The number of nitrogens with zero attached hydrogens (tertiary/aromatic N) is 2. The molecule has 2 unspecified atom stereocenters. The second-order valence-corrected chi connectivity index (χ2v) is 6.09. The van der Waals surface area contributed by atoms with Crippen molar-refractivity contribution in [3.63, 3.8) is 0 Å². The zero-order chi connectivity index (χ0) is 14.8. The molecule has 1 fully saturated rings. The van der Waals surface area contributed by atoms with Crippen LogP contribution in [0, 0.1) is 11.3 Å². The van der Waals surface area contributed by atoms with Gasteiger partial charge in [-0.25, -0.2) is 0 Å². The van der Waals surface area contributed by atoms with E-state index < -0.39 is 0 Å². The predicted octanol–water partition coefficient (Wildman–Crippen LogP) is 2.55. The minimum Gasteiger partial charge on any atom is -0.377 e. The zero-order valence-corrected chi connectivity index (χ0v) is 13.5. The first-order valence-electron chi connectivity index (χ1n) is 8.07. The summed E-state index contributed by atoms with van der Waals surface area (Å²) in [5.74, 6) is 0. The molecule has 0 radical (unpaired) electrons. The second-order valence-electron chi connectivity index (χ2n) is 6.09. The first-order valence-corrected chi connectivity index (χ1v) is 8.07. The van der Waals surface area contributed by atoms with Crippen LogP contribution in [0.1, 0.15) is 52.4 Å². The van der Waals surface area contributed by atoms with Crippen LogP contribution >= 0.6 is 0 Å². The van der Waals surface area contributed by atoms with Crippen molar-refractivity contribution in [3.05, 3.63) is 0 Å². The van der Waals surface area contributed by atoms with Crippen molar-refractivity contribution in [3.8, 4) is 6.07 Å². The Bertz CT molecular complexity index is 303. The highest BCUT2D eigenvalue weighted by Gasteiger charge is 2.22. The maximum absolute atomic E-state index is 9.11. The van der Waals surface area contributed by atoms with Crippen LogP contribution in [0.15, 0.2) is 0 Å². The first kappa shape index (κ1) is 17.4. The summed E-state index contributed by atoms with van der Waals surface area (Å²) in [7, 11) is 1.86. The van der Waals surface area contributed by atoms with Crippen LogP contribution in [-0.2, 0) is 4.74 Å². The number of rotatable bonds is 9.